The third-order valence-corrected chi connectivity index (χ3v) is 4.60. The molecule has 0 bridgehead atoms. The van der Waals surface area contributed by atoms with Gasteiger partial charge in [0.05, 0.1) is 18.2 Å². The summed E-state index contributed by atoms with van der Waals surface area (Å²) in [5.41, 5.74) is 5.63. The van der Waals surface area contributed by atoms with Gasteiger partial charge in [0.25, 0.3) is 0 Å². The topological polar surface area (TPSA) is 47.3 Å². The van der Waals surface area contributed by atoms with Gasteiger partial charge in [-0.3, -0.25) is 11.3 Å². The van der Waals surface area contributed by atoms with Gasteiger partial charge >= 0.3 is 0 Å². The Morgan fingerprint density at radius 1 is 1.26 bits per heavy atom. The van der Waals surface area contributed by atoms with Crippen LogP contribution < -0.4 is 11.3 Å². The Kier molecular flexibility index (Phi) is 4.61. The molecule has 3 N–H and O–H groups in total. The largest absolute Gasteiger partial charge is 0.375 e. The third-order valence-electron chi connectivity index (χ3n) is 4.60. The quantitative estimate of drug-likeness (QED) is 0.648. The molecule has 19 heavy (non-hydrogen) atoms. The van der Waals surface area contributed by atoms with Crippen LogP contribution in [-0.4, -0.2) is 12.2 Å². The molecule has 1 aliphatic rings. The minimum Gasteiger partial charge on any atom is -0.375 e. The number of nitrogens with two attached hydrogens (primary N) is 1. The van der Waals surface area contributed by atoms with Crippen molar-refractivity contribution in [2.75, 3.05) is 0 Å². The van der Waals surface area contributed by atoms with Gasteiger partial charge in [-0.1, -0.05) is 38.1 Å². The fourth-order valence-electron chi connectivity index (χ4n) is 3.30. The van der Waals surface area contributed by atoms with Crippen molar-refractivity contribution in [2.45, 2.75) is 52.4 Å². The first-order valence-corrected chi connectivity index (χ1v) is 7.28. The van der Waals surface area contributed by atoms with Crippen LogP contribution in [0.2, 0.25) is 0 Å². The number of hydrazine groups is 1. The Morgan fingerprint density at radius 2 is 2.00 bits per heavy atom. The molecule has 106 valence electrons. The Labute approximate surface area is 116 Å². The highest BCUT2D eigenvalue weighted by molar-refractivity contribution is 5.27. The Bertz CT molecular complexity index is 421. The number of rotatable bonds is 4. The van der Waals surface area contributed by atoms with E-state index >= 15 is 0 Å². The Balaban J connectivity index is 2.28. The van der Waals surface area contributed by atoms with E-state index in [4.69, 9.17) is 10.6 Å². The zero-order valence-corrected chi connectivity index (χ0v) is 12.4. The van der Waals surface area contributed by atoms with E-state index in [1.165, 1.54) is 11.1 Å². The summed E-state index contributed by atoms with van der Waals surface area (Å²) >= 11 is 0. The molecular weight excluding hydrogens is 236 g/mol. The molecule has 0 aromatic heterocycles. The lowest BCUT2D eigenvalue weighted by molar-refractivity contribution is 0.0475. The van der Waals surface area contributed by atoms with Gasteiger partial charge in [-0.05, 0) is 37.3 Å². The molecule has 0 aliphatic carbocycles. The molecule has 0 spiro atoms. The van der Waals surface area contributed by atoms with Crippen LogP contribution >= 0.6 is 0 Å². The van der Waals surface area contributed by atoms with E-state index in [2.05, 4.69) is 57.4 Å². The van der Waals surface area contributed by atoms with E-state index < -0.39 is 0 Å². The molecule has 1 aromatic carbocycles. The number of aryl methyl sites for hydroxylation is 1. The van der Waals surface area contributed by atoms with Crippen LogP contribution in [0.15, 0.2) is 24.3 Å². The predicted molar refractivity (Wildman–Crippen MR) is 78.5 cm³/mol. The molecule has 0 saturated carbocycles. The fraction of sp³-hybridized carbons (Fsp3) is 0.625. The maximum absolute atomic E-state index is 5.95. The third kappa shape index (κ3) is 2.83. The van der Waals surface area contributed by atoms with Crippen molar-refractivity contribution in [3.8, 4) is 0 Å². The molecular formula is C16H26N2O. The molecule has 0 radical (unpaired) electrons. The van der Waals surface area contributed by atoms with Gasteiger partial charge in [0.1, 0.15) is 0 Å². The fourth-order valence-corrected chi connectivity index (χ4v) is 3.30. The molecule has 5 unspecified atom stereocenters. The summed E-state index contributed by atoms with van der Waals surface area (Å²) in [6.07, 6.45) is 1.58. The molecule has 1 saturated heterocycles. The molecule has 1 heterocycles. The second-order valence-electron chi connectivity index (χ2n) is 5.73. The number of hydrogen-bond donors (Lipinski definition) is 2. The minimum atomic E-state index is 0.154. The summed E-state index contributed by atoms with van der Waals surface area (Å²) in [6.45, 7) is 8.73. The molecule has 2 rings (SSSR count). The highest BCUT2D eigenvalue weighted by Gasteiger charge is 2.41. The highest BCUT2D eigenvalue weighted by atomic mass is 16.5. The molecule has 5 atom stereocenters. The average Bonchev–Trinajstić information content (AvgIpc) is 2.66. The first kappa shape index (κ1) is 14.5. The zero-order valence-electron chi connectivity index (χ0n) is 12.4. The molecule has 3 heteroatoms. The molecule has 1 aromatic rings. The van der Waals surface area contributed by atoms with Gasteiger partial charge in [-0.15, -0.1) is 0 Å². The first-order valence-electron chi connectivity index (χ1n) is 7.28. The van der Waals surface area contributed by atoms with E-state index in [9.17, 15) is 0 Å². The lowest BCUT2D eigenvalue weighted by atomic mass is 9.80. The van der Waals surface area contributed by atoms with Crippen molar-refractivity contribution in [1.82, 2.24) is 5.43 Å². The van der Waals surface area contributed by atoms with Crippen molar-refractivity contribution in [3.63, 3.8) is 0 Å². The van der Waals surface area contributed by atoms with Crippen molar-refractivity contribution in [3.05, 3.63) is 35.4 Å². The highest BCUT2D eigenvalue weighted by Crippen LogP contribution is 2.40. The molecule has 3 nitrogen and oxygen atoms in total. The minimum absolute atomic E-state index is 0.154. The van der Waals surface area contributed by atoms with Gasteiger partial charge in [0.2, 0.25) is 0 Å². The van der Waals surface area contributed by atoms with Crippen molar-refractivity contribution in [1.29, 1.82) is 0 Å². The maximum atomic E-state index is 5.95. The van der Waals surface area contributed by atoms with Gasteiger partial charge in [0.15, 0.2) is 0 Å². The standard InChI is InChI=1S/C16H26N2O/c1-5-13-7-6-8-14(9-13)16(18-17)15-10(2)11(3)19-12(15)4/h6-12,15-16,18H,5,17H2,1-4H3. The van der Waals surface area contributed by atoms with E-state index in [0.717, 1.165) is 6.42 Å². The lowest BCUT2D eigenvalue weighted by Gasteiger charge is -2.29. The van der Waals surface area contributed by atoms with Crippen LogP contribution in [-0.2, 0) is 11.2 Å². The second kappa shape index (κ2) is 6.04. The van der Waals surface area contributed by atoms with E-state index in [1.807, 2.05) is 0 Å². The van der Waals surface area contributed by atoms with Gasteiger partial charge in [-0.2, -0.15) is 0 Å². The van der Waals surface area contributed by atoms with Crippen molar-refractivity contribution in [2.24, 2.45) is 17.7 Å². The van der Waals surface area contributed by atoms with Crippen molar-refractivity contribution < 1.29 is 4.74 Å². The van der Waals surface area contributed by atoms with Gasteiger partial charge in [0, 0.05) is 5.92 Å². The number of nitrogens with one attached hydrogen (secondary N) is 1. The van der Waals surface area contributed by atoms with Crippen LogP contribution in [0.4, 0.5) is 0 Å². The van der Waals surface area contributed by atoms with Crippen LogP contribution in [0, 0.1) is 11.8 Å². The summed E-state index contributed by atoms with van der Waals surface area (Å²) in [6, 6.07) is 8.85. The summed E-state index contributed by atoms with van der Waals surface area (Å²) in [5.74, 6) is 6.75. The number of ether oxygens (including phenoxy) is 1. The molecule has 0 amide bonds. The second-order valence-corrected chi connectivity index (χ2v) is 5.73. The smallest absolute Gasteiger partial charge is 0.0601 e. The zero-order chi connectivity index (χ0) is 14.0. The Morgan fingerprint density at radius 3 is 2.53 bits per heavy atom. The molecule has 1 aliphatic heterocycles. The normalized spacial score (nSPS) is 32.5. The van der Waals surface area contributed by atoms with E-state index in [1.54, 1.807) is 0 Å². The van der Waals surface area contributed by atoms with Crippen LogP contribution in [0.25, 0.3) is 0 Å². The summed E-state index contributed by atoms with van der Waals surface area (Å²) < 4.78 is 5.95. The maximum Gasteiger partial charge on any atom is 0.0601 e. The lowest BCUT2D eigenvalue weighted by Crippen LogP contribution is -2.38. The van der Waals surface area contributed by atoms with Gasteiger partial charge < -0.3 is 4.74 Å². The monoisotopic (exact) mass is 262 g/mol. The van der Waals surface area contributed by atoms with Crippen LogP contribution in [0.3, 0.4) is 0 Å². The summed E-state index contributed by atoms with van der Waals surface area (Å²) in [7, 11) is 0. The Hall–Kier alpha value is -0.900. The average molecular weight is 262 g/mol. The van der Waals surface area contributed by atoms with Crippen LogP contribution in [0.5, 0.6) is 0 Å². The van der Waals surface area contributed by atoms with E-state index in [0.29, 0.717) is 17.9 Å². The predicted octanol–water partition coefficient (Wildman–Crippen LogP) is 2.81. The summed E-state index contributed by atoms with van der Waals surface area (Å²) in [5, 5.41) is 0. The molecule has 1 fully saturated rings. The van der Waals surface area contributed by atoms with E-state index in [-0.39, 0.29) is 12.1 Å². The number of hydrogen-bond acceptors (Lipinski definition) is 3. The van der Waals surface area contributed by atoms with Crippen molar-refractivity contribution >= 4 is 0 Å². The van der Waals surface area contributed by atoms with Gasteiger partial charge in [-0.25, -0.2) is 0 Å². The van der Waals surface area contributed by atoms with Crippen LogP contribution in [0.1, 0.15) is 44.9 Å². The SMILES string of the molecule is CCc1cccc(C(NN)C2C(C)OC(C)C2C)c1. The summed E-state index contributed by atoms with van der Waals surface area (Å²) in [4.78, 5) is 0. The number of benzene rings is 1. The first-order chi connectivity index (χ1) is 9.08.